The SMILES string of the molecule is CSC1C(=O)N(C)C(Cc2ccc(OCC=C(C)C(=O)O)cc2)(SC)C(=O)N1C. The maximum atomic E-state index is 13.2. The maximum absolute atomic E-state index is 13.2. The monoisotopic (exact) mass is 438 g/mol. The van der Waals surface area contributed by atoms with Gasteiger partial charge in [-0.1, -0.05) is 12.1 Å². The lowest BCUT2D eigenvalue weighted by atomic mass is 10.0. The summed E-state index contributed by atoms with van der Waals surface area (Å²) in [6.45, 7) is 1.66. The Hall–Kier alpha value is -2.13. The number of thioether (sulfide) groups is 2. The van der Waals surface area contributed by atoms with Crippen molar-refractivity contribution < 1.29 is 24.2 Å². The van der Waals surface area contributed by atoms with Gasteiger partial charge >= 0.3 is 5.97 Å². The van der Waals surface area contributed by atoms with Crippen LogP contribution in [0.4, 0.5) is 0 Å². The molecule has 9 heteroatoms. The van der Waals surface area contributed by atoms with Crippen LogP contribution in [-0.4, -0.2) is 76.1 Å². The molecule has 0 aromatic heterocycles. The van der Waals surface area contributed by atoms with Gasteiger partial charge in [-0.15, -0.1) is 23.5 Å². The predicted molar refractivity (Wildman–Crippen MR) is 116 cm³/mol. The van der Waals surface area contributed by atoms with Gasteiger partial charge in [-0.05, 0) is 43.2 Å². The summed E-state index contributed by atoms with van der Waals surface area (Å²) in [6, 6.07) is 7.26. The normalized spacial score (nSPS) is 22.8. The van der Waals surface area contributed by atoms with E-state index in [9.17, 15) is 14.4 Å². The molecule has 0 aliphatic carbocycles. The fraction of sp³-hybridized carbons (Fsp3) is 0.450. The quantitative estimate of drug-likeness (QED) is 0.623. The van der Waals surface area contributed by atoms with Crippen molar-refractivity contribution in [2.45, 2.75) is 23.6 Å². The number of aliphatic carboxylic acids is 1. The Morgan fingerprint density at radius 3 is 2.38 bits per heavy atom. The number of carboxylic acids is 1. The molecule has 0 spiro atoms. The topological polar surface area (TPSA) is 87.1 Å². The van der Waals surface area contributed by atoms with E-state index in [1.54, 1.807) is 31.1 Å². The van der Waals surface area contributed by atoms with E-state index in [4.69, 9.17) is 9.84 Å². The summed E-state index contributed by atoms with van der Waals surface area (Å²) in [4.78, 5) is 38.8. The predicted octanol–water partition coefficient (Wildman–Crippen LogP) is 2.32. The first-order chi connectivity index (χ1) is 13.7. The fourth-order valence-electron chi connectivity index (χ4n) is 3.11. The highest BCUT2D eigenvalue weighted by atomic mass is 32.2. The summed E-state index contributed by atoms with van der Waals surface area (Å²) in [7, 11) is 3.35. The second-order valence-corrected chi connectivity index (χ2v) is 8.72. The van der Waals surface area contributed by atoms with Gasteiger partial charge in [0.2, 0.25) is 0 Å². The van der Waals surface area contributed by atoms with Gasteiger partial charge in [-0.3, -0.25) is 9.59 Å². The van der Waals surface area contributed by atoms with Crippen LogP contribution in [-0.2, 0) is 20.8 Å². The van der Waals surface area contributed by atoms with Crippen LogP contribution < -0.4 is 4.74 Å². The van der Waals surface area contributed by atoms with Crippen molar-refractivity contribution in [1.29, 1.82) is 0 Å². The molecule has 1 fully saturated rings. The van der Waals surface area contributed by atoms with Gasteiger partial charge in [-0.2, -0.15) is 0 Å². The Labute approximate surface area is 179 Å². The zero-order valence-electron chi connectivity index (χ0n) is 17.2. The van der Waals surface area contributed by atoms with E-state index in [2.05, 4.69) is 0 Å². The molecule has 1 aliphatic rings. The van der Waals surface area contributed by atoms with Crippen molar-refractivity contribution in [2.75, 3.05) is 33.2 Å². The highest BCUT2D eigenvalue weighted by Gasteiger charge is 2.53. The number of likely N-dealkylation sites (N-methyl/N-ethyl adjacent to an activating group) is 2. The van der Waals surface area contributed by atoms with Gasteiger partial charge in [0.1, 0.15) is 12.4 Å². The minimum atomic E-state index is -0.998. The second kappa shape index (κ2) is 9.58. The molecule has 0 radical (unpaired) electrons. The minimum absolute atomic E-state index is 0.0884. The summed E-state index contributed by atoms with van der Waals surface area (Å²) < 4.78 is 5.54. The molecule has 1 saturated heterocycles. The number of rotatable bonds is 8. The maximum Gasteiger partial charge on any atom is 0.331 e. The van der Waals surface area contributed by atoms with E-state index in [0.29, 0.717) is 12.2 Å². The van der Waals surface area contributed by atoms with Crippen LogP contribution in [0.2, 0.25) is 0 Å². The first-order valence-electron chi connectivity index (χ1n) is 8.92. The molecule has 0 saturated carbocycles. The van der Waals surface area contributed by atoms with Crippen molar-refractivity contribution in [2.24, 2.45) is 0 Å². The summed E-state index contributed by atoms with van der Waals surface area (Å²) in [5.41, 5.74) is 1.12. The first-order valence-corrected chi connectivity index (χ1v) is 11.4. The van der Waals surface area contributed by atoms with Crippen LogP contribution in [0.1, 0.15) is 12.5 Å². The smallest absolute Gasteiger partial charge is 0.331 e. The number of amides is 2. The third kappa shape index (κ3) is 4.72. The highest BCUT2D eigenvalue weighted by Crippen LogP contribution is 2.39. The molecule has 1 aromatic carbocycles. The van der Waals surface area contributed by atoms with E-state index in [1.165, 1.54) is 41.4 Å². The van der Waals surface area contributed by atoms with Crippen molar-refractivity contribution >= 4 is 41.3 Å². The van der Waals surface area contributed by atoms with E-state index in [0.717, 1.165) is 5.56 Å². The van der Waals surface area contributed by atoms with Gasteiger partial charge in [0.25, 0.3) is 11.8 Å². The molecule has 1 N–H and O–H groups in total. The fourth-order valence-corrected chi connectivity index (χ4v) is 4.88. The number of carboxylic acid groups (broad SMARTS) is 1. The lowest BCUT2D eigenvalue weighted by Gasteiger charge is -2.48. The zero-order chi connectivity index (χ0) is 21.8. The average molecular weight is 439 g/mol. The lowest BCUT2D eigenvalue weighted by Crippen LogP contribution is -2.68. The number of nitrogens with zero attached hydrogens (tertiary/aromatic N) is 2. The number of hydrogen-bond acceptors (Lipinski definition) is 6. The van der Waals surface area contributed by atoms with Crippen LogP contribution in [0.3, 0.4) is 0 Å². The van der Waals surface area contributed by atoms with E-state index < -0.39 is 16.2 Å². The molecular weight excluding hydrogens is 412 g/mol. The van der Waals surface area contributed by atoms with Gasteiger partial charge in [0.15, 0.2) is 10.2 Å². The van der Waals surface area contributed by atoms with Crippen molar-refractivity contribution in [1.82, 2.24) is 9.80 Å². The Bertz CT molecular complexity index is 812. The molecule has 1 aromatic rings. The summed E-state index contributed by atoms with van der Waals surface area (Å²) in [5.74, 6) is -0.563. The summed E-state index contributed by atoms with van der Waals surface area (Å²) in [5, 5.41) is 8.34. The lowest BCUT2D eigenvalue weighted by molar-refractivity contribution is -0.156. The van der Waals surface area contributed by atoms with Crippen LogP contribution in [0.25, 0.3) is 0 Å². The van der Waals surface area contributed by atoms with Crippen molar-refractivity contribution in [3.05, 3.63) is 41.5 Å². The molecule has 2 rings (SSSR count). The van der Waals surface area contributed by atoms with Crippen molar-refractivity contribution in [3.8, 4) is 5.75 Å². The van der Waals surface area contributed by atoms with Crippen molar-refractivity contribution in [3.63, 3.8) is 0 Å². The molecule has 158 valence electrons. The molecule has 2 atom stereocenters. The van der Waals surface area contributed by atoms with E-state index in [-0.39, 0.29) is 24.0 Å². The molecular formula is C20H26N2O5S2. The molecule has 1 aliphatic heterocycles. The summed E-state index contributed by atoms with van der Waals surface area (Å²) >= 11 is 2.71. The van der Waals surface area contributed by atoms with Gasteiger partial charge in [-0.25, -0.2) is 4.79 Å². The molecule has 7 nitrogen and oxygen atoms in total. The van der Waals surface area contributed by atoms with E-state index >= 15 is 0 Å². The van der Waals surface area contributed by atoms with Crippen LogP contribution in [0.5, 0.6) is 5.75 Å². The third-order valence-corrected chi connectivity index (χ3v) is 7.23. The number of piperazine rings is 1. The van der Waals surface area contributed by atoms with Crippen LogP contribution in [0.15, 0.2) is 35.9 Å². The zero-order valence-corrected chi connectivity index (χ0v) is 18.8. The number of carbonyl (C=O) groups is 3. The number of ether oxygens (including phenoxy) is 1. The van der Waals surface area contributed by atoms with Gasteiger partial charge < -0.3 is 19.6 Å². The number of hydrogen-bond donors (Lipinski definition) is 1. The Morgan fingerprint density at radius 1 is 1.24 bits per heavy atom. The number of benzene rings is 1. The molecule has 2 amide bonds. The minimum Gasteiger partial charge on any atom is -0.490 e. The molecule has 0 bridgehead atoms. The molecule has 1 heterocycles. The Balaban J connectivity index is 2.16. The van der Waals surface area contributed by atoms with Gasteiger partial charge in [0, 0.05) is 26.1 Å². The number of carbonyl (C=O) groups excluding carboxylic acids is 2. The highest BCUT2D eigenvalue weighted by molar-refractivity contribution is 8.01. The Morgan fingerprint density at radius 2 is 1.86 bits per heavy atom. The average Bonchev–Trinajstić information content (AvgIpc) is 2.71. The molecule has 29 heavy (non-hydrogen) atoms. The first kappa shape index (κ1) is 23.2. The van der Waals surface area contributed by atoms with E-state index in [1.807, 2.05) is 24.6 Å². The van der Waals surface area contributed by atoms with Gasteiger partial charge in [0.05, 0.1) is 0 Å². The molecule has 2 unspecified atom stereocenters. The van der Waals surface area contributed by atoms with Crippen LogP contribution in [0, 0.1) is 0 Å². The summed E-state index contributed by atoms with van der Waals surface area (Å²) in [6.07, 6.45) is 5.53. The standard InChI is InChI=1S/C20H26N2O5S2/c1-13(18(24)25)10-11-27-15-8-6-14(7-9-15)12-20(29-5)19(26)21(2)17(28-4)16(23)22(20)3/h6-10,17H,11-12H2,1-5H3,(H,24,25). The van der Waals surface area contributed by atoms with Crippen LogP contribution >= 0.6 is 23.5 Å². The second-order valence-electron chi connectivity index (χ2n) is 6.71. The Kier molecular flexibility index (Phi) is 7.65. The largest absolute Gasteiger partial charge is 0.490 e. The third-order valence-electron chi connectivity index (χ3n) is 4.99.